The van der Waals surface area contributed by atoms with Crippen LogP contribution in [0.25, 0.3) is 11.3 Å². The summed E-state index contributed by atoms with van der Waals surface area (Å²) in [6.45, 7) is 2.53. The van der Waals surface area contributed by atoms with Crippen LogP contribution in [-0.4, -0.2) is 30.6 Å². The maximum atomic E-state index is 12.6. The molecule has 7 heteroatoms. The molecule has 0 spiro atoms. The van der Waals surface area contributed by atoms with Gasteiger partial charge < -0.3 is 10.3 Å². The van der Waals surface area contributed by atoms with Gasteiger partial charge in [-0.05, 0) is 30.2 Å². The molecule has 0 saturated heterocycles. The molecule has 0 bridgehead atoms. The van der Waals surface area contributed by atoms with E-state index in [1.54, 1.807) is 17.2 Å². The van der Waals surface area contributed by atoms with Crippen molar-refractivity contribution in [1.82, 2.24) is 30.0 Å². The van der Waals surface area contributed by atoms with Gasteiger partial charge in [0, 0.05) is 5.56 Å². The zero-order chi connectivity index (χ0) is 19.3. The third-order valence-electron chi connectivity index (χ3n) is 4.47. The first-order valence-electron chi connectivity index (χ1n) is 9.01. The number of amides is 1. The first-order valence-corrected chi connectivity index (χ1v) is 9.01. The summed E-state index contributed by atoms with van der Waals surface area (Å²) in [7, 11) is 0. The molecular formula is C21H20N6O. The predicted molar refractivity (Wildman–Crippen MR) is 105 cm³/mol. The summed E-state index contributed by atoms with van der Waals surface area (Å²) in [6.07, 6.45) is 4.95. The standard InChI is InChI=1S/C21H20N6O/c1-15(20-23-11-19(26-20)17-5-3-2-4-6-17)25-21(28)18-9-7-16(8-10-18)12-27-14-22-13-24-27/h2-11,13-15H,12H2,1H3,(H,23,26)(H,25,28)/t15-/m1/s1. The van der Waals surface area contributed by atoms with Gasteiger partial charge >= 0.3 is 0 Å². The van der Waals surface area contributed by atoms with Gasteiger partial charge in [-0.25, -0.2) is 14.6 Å². The van der Waals surface area contributed by atoms with Crippen molar-refractivity contribution in [3.8, 4) is 11.3 Å². The maximum absolute atomic E-state index is 12.6. The Labute approximate surface area is 162 Å². The van der Waals surface area contributed by atoms with Crippen molar-refractivity contribution in [1.29, 1.82) is 0 Å². The normalized spacial score (nSPS) is 11.9. The van der Waals surface area contributed by atoms with Gasteiger partial charge in [0.2, 0.25) is 0 Å². The summed E-state index contributed by atoms with van der Waals surface area (Å²) in [5.74, 6) is 0.576. The monoisotopic (exact) mass is 372 g/mol. The lowest BCUT2D eigenvalue weighted by molar-refractivity contribution is 0.0938. The molecule has 0 radical (unpaired) electrons. The Balaban J connectivity index is 1.40. The van der Waals surface area contributed by atoms with Crippen LogP contribution < -0.4 is 5.32 Å². The molecule has 140 valence electrons. The molecule has 28 heavy (non-hydrogen) atoms. The van der Waals surface area contributed by atoms with E-state index in [9.17, 15) is 4.79 Å². The van der Waals surface area contributed by atoms with Gasteiger partial charge in [-0.3, -0.25) is 4.79 Å². The second kappa shape index (κ2) is 7.87. The lowest BCUT2D eigenvalue weighted by Crippen LogP contribution is -2.27. The molecule has 0 aliphatic carbocycles. The number of rotatable bonds is 6. The molecule has 0 unspecified atom stereocenters. The Bertz CT molecular complexity index is 1040. The second-order valence-electron chi connectivity index (χ2n) is 6.53. The van der Waals surface area contributed by atoms with E-state index in [-0.39, 0.29) is 11.9 Å². The number of nitrogens with one attached hydrogen (secondary N) is 2. The number of carbonyl (C=O) groups is 1. The molecule has 4 aromatic rings. The Kier molecular flexibility index (Phi) is 4.97. The number of aromatic nitrogens is 5. The molecule has 2 heterocycles. The predicted octanol–water partition coefficient (Wildman–Crippen LogP) is 3.21. The largest absolute Gasteiger partial charge is 0.342 e. The summed E-state index contributed by atoms with van der Waals surface area (Å²) in [5, 5.41) is 7.06. The van der Waals surface area contributed by atoms with Crippen molar-refractivity contribution in [2.75, 3.05) is 0 Å². The van der Waals surface area contributed by atoms with Crippen LogP contribution in [0.1, 0.15) is 34.7 Å². The Morgan fingerprint density at radius 2 is 1.93 bits per heavy atom. The van der Waals surface area contributed by atoms with E-state index in [1.165, 1.54) is 6.33 Å². The van der Waals surface area contributed by atoms with E-state index >= 15 is 0 Å². The fourth-order valence-electron chi connectivity index (χ4n) is 2.93. The highest BCUT2D eigenvalue weighted by Crippen LogP contribution is 2.19. The molecule has 0 aliphatic heterocycles. The van der Waals surface area contributed by atoms with Gasteiger partial charge in [0.1, 0.15) is 18.5 Å². The highest BCUT2D eigenvalue weighted by molar-refractivity contribution is 5.94. The third kappa shape index (κ3) is 3.98. The van der Waals surface area contributed by atoms with Crippen LogP contribution in [0, 0.1) is 0 Å². The first kappa shape index (κ1) is 17.7. The number of aromatic amines is 1. The van der Waals surface area contributed by atoms with Crippen LogP contribution in [0.15, 0.2) is 73.4 Å². The van der Waals surface area contributed by atoms with E-state index in [2.05, 4.69) is 25.4 Å². The number of hydrogen-bond acceptors (Lipinski definition) is 4. The van der Waals surface area contributed by atoms with Crippen molar-refractivity contribution >= 4 is 5.91 Å². The Morgan fingerprint density at radius 1 is 1.14 bits per heavy atom. The van der Waals surface area contributed by atoms with Crippen LogP contribution in [0.3, 0.4) is 0 Å². The summed E-state index contributed by atoms with van der Waals surface area (Å²) in [4.78, 5) is 24.2. The maximum Gasteiger partial charge on any atom is 0.251 e. The fourth-order valence-corrected chi connectivity index (χ4v) is 2.93. The Morgan fingerprint density at radius 3 is 2.64 bits per heavy atom. The van der Waals surface area contributed by atoms with Crippen molar-refractivity contribution in [2.24, 2.45) is 0 Å². The highest BCUT2D eigenvalue weighted by atomic mass is 16.1. The van der Waals surface area contributed by atoms with Crippen molar-refractivity contribution in [2.45, 2.75) is 19.5 Å². The minimum atomic E-state index is -0.236. The fraction of sp³-hybridized carbons (Fsp3) is 0.143. The van der Waals surface area contributed by atoms with Crippen molar-refractivity contribution in [3.63, 3.8) is 0 Å². The zero-order valence-corrected chi connectivity index (χ0v) is 15.4. The van der Waals surface area contributed by atoms with Gasteiger partial charge in [0.05, 0.1) is 24.5 Å². The van der Waals surface area contributed by atoms with Crippen LogP contribution in [0.2, 0.25) is 0 Å². The molecule has 7 nitrogen and oxygen atoms in total. The average Bonchev–Trinajstić information content (AvgIpc) is 3.41. The lowest BCUT2D eigenvalue weighted by atomic mass is 10.1. The molecule has 0 fully saturated rings. The molecule has 1 atom stereocenters. The number of carbonyl (C=O) groups excluding carboxylic acids is 1. The molecule has 2 aromatic carbocycles. The first-order chi connectivity index (χ1) is 13.7. The number of H-pyrrole nitrogens is 1. The van der Waals surface area contributed by atoms with Crippen molar-refractivity contribution in [3.05, 3.63) is 90.4 Å². The zero-order valence-electron chi connectivity index (χ0n) is 15.4. The molecule has 4 rings (SSSR count). The van der Waals surface area contributed by atoms with E-state index in [4.69, 9.17) is 0 Å². The smallest absolute Gasteiger partial charge is 0.251 e. The van der Waals surface area contributed by atoms with E-state index in [0.717, 1.165) is 22.6 Å². The average molecular weight is 372 g/mol. The highest BCUT2D eigenvalue weighted by Gasteiger charge is 2.14. The summed E-state index contributed by atoms with van der Waals surface area (Å²) in [6, 6.07) is 17.2. The summed E-state index contributed by atoms with van der Waals surface area (Å²) in [5.41, 5.74) is 3.63. The van der Waals surface area contributed by atoms with Crippen LogP contribution >= 0.6 is 0 Å². The molecule has 1 amide bonds. The molecule has 0 aliphatic rings. The summed E-state index contributed by atoms with van der Waals surface area (Å²) < 4.78 is 1.73. The van der Waals surface area contributed by atoms with Crippen LogP contribution in [0.4, 0.5) is 0 Å². The molecule has 2 aromatic heterocycles. The third-order valence-corrected chi connectivity index (χ3v) is 4.47. The van der Waals surface area contributed by atoms with Gasteiger partial charge in [-0.15, -0.1) is 0 Å². The SMILES string of the molecule is C[C@@H](NC(=O)c1ccc(Cn2cncn2)cc1)c1ncc(-c2ccccc2)[nH]1. The lowest BCUT2D eigenvalue weighted by Gasteiger charge is -2.12. The van der Waals surface area contributed by atoms with Gasteiger partial charge in [0.25, 0.3) is 5.91 Å². The minimum absolute atomic E-state index is 0.141. The number of hydrogen-bond donors (Lipinski definition) is 2. The topological polar surface area (TPSA) is 88.5 Å². The summed E-state index contributed by atoms with van der Waals surface area (Å²) >= 11 is 0. The molecule has 0 saturated carbocycles. The van der Waals surface area contributed by atoms with E-state index in [0.29, 0.717) is 12.1 Å². The van der Waals surface area contributed by atoms with Gasteiger partial charge in [0.15, 0.2) is 0 Å². The Hall–Kier alpha value is -3.74. The molecule has 2 N–H and O–H groups in total. The van der Waals surface area contributed by atoms with Gasteiger partial charge in [-0.1, -0.05) is 42.5 Å². The molecular weight excluding hydrogens is 352 g/mol. The van der Waals surface area contributed by atoms with Crippen LogP contribution in [0.5, 0.6) is 0 Å². The number of imidazole rings is 1. The van der Waals surface area contributed by atoms with E-state index in [1.807, 2.05) is 61.5 Å². The van der Waals surface area contributed by atoms with E-state index < -0.39 is 0 Å². The number of benzene rings is 2. The van der Waals surface area contributed by atoms with Crippen LogP contribution in [-0.2, 0) is 6.54 Å². The quantitative estimate of drug-likeness (QED) is 0.544. The minimum Gasteiger partial charge on any atom is -0.342 e. The van der Waals surface area contributed by atoms with Gasteiger partial charge in [-0.2, -0.15) is 5.10 Å². The second-order valence-corrected chi connectivity index (χ2v) is 6.53. The van der Waals surface area contributed by atoms with Crippen molar-refractivity contribution < 1.29 is 4.79 Å². The number of nitrogens with zero attached hydrogens (tertiary/aromatic N) is 4.